The normalized spacial score (nSPS) is 24.7. The van der Waals surface area contributed by atoms with E-state index < -0.39 is 0 Å². The fourth-order valence-corrected chi connectivity index (χ4v) is 3.23. The lowest BCUT2D eigenvalue weighted by Crippen LogP contribution is -2.58. The maximum atomic E-state index is 11.6. The molecule has 1 amide bonds. The molecule has 4 heteroatoms. The molecule has 0 aromatic carbocycles. The topological polar surface area (TPSA) is 35.6 Å². The largest absolute Gasteiger partial charge is 0.335 e. The van der Waals surface area contributed by atoms with Gasteiger partial charge in [0.2, 0.25) is 5.91 Å². The molecule has 1 aliphatic rings. The average Bonchev–Trinajstić information content (AvgIpc) is 2.32. The molecule has 2 atom stereocenters. The standard InChI is InChI=1S/C15H31N3O/c1-13-11-17(10-8-6-5-7-9-16-4)12-14(2)18(13)15(3)19/h13-14,16H,5-12H2,1-4H3. The van der Waals surface area contributed by atoms with E-state index in [1.54, 1.807) is 6.92 Å². The summed E-state index contributed by atoms with van der Waals surface area (Å²) in [5, 5.41) is 3.19. The van der Waals surface area contributed by atoms with Crippen LogP contribution in [0.1, 0.15) is 46.5 Å². The van der Waals surface area contributed by atoms with Gasteiger partial charge in [-0.2, -0.15) is 0 Å². The van der Waals surface area contributed by atoms with Crippen molar-refractivity contribution >= 4 is 5.91 Å². The molecule has 1 fully saturated rings. The predicted molar refractivity (Wildman–Crippen MR) is 80.3 cm³/mol. The number of carbonyl (C=O) groups is 1. The molecule has 0 aromatic heterocycles. The van der Waals surface area contributed by atoms with Crippen molar-refractivity contribution in [2.75, 3.05) is 33.2 Å². The third-order valence-corrected chi connectivity index (χ3v) is 4.01. The van der Waals surface area contributed by atoms with Crippen LogP contribution in [0.25, 0.3) is 0 Å². The van der Waals surface area contributed by atoms with Crippen LogP contribution >= 0.6 is 0 Å². The molecule has 1 N–H and O–H groups in total. The van der Waals surface area contributed by atoms with E-state index in [-0.39, 0.29) is 5.91 Å². The van der Waals surface area contributed by atoms with Crippen molar-refractivity contribution in [3.8, 4) is 0 Å². The summed E-state index contributed by atoms with van der Waals surface area (Å²) in [5.41, 5.74) is 0. The van der Waals surface area contributed by atoms with Gasteiger partial charge in [0.15, 0.2) is 0 Å². The molecule has 0 bridgehead atoms. The summed E-state index contributed by atoms with van der Waals surface area (Å²) in [6.45, 7) is 10.4. The van der Waals surface area contributed by atoms with E-state index >= 15 is 0 Å². The summed E-state index contributed by atoms with van der Waals surface area (Å²) in [5.74, 6) is 0.215. The van der Waals surface area contributed by atoms with E-state index in [4.69, 9.17) is 0 Å². The van der Waals surface area contributed by atoms with Crippen LogP contribution in [0.15, 0.2) is 0 Å². The molecule has 112 valence electrons. The lowest BCUT2D eigenvalue weighted by atomic mass is 10.1. The average molecular weight is 269 g/mol. The summed E-state index contributed by atoms with van der Waals surface area (Å²) in [7, 11) is 2.01. The summed E-state index contributed by atoms with van der Waals surface area (Å²) < 4.78 is 0. The van der Waals surface area contributed by atoms with Gasteiger partial charge in [0.05, 0.1) is 0 Å². The first-order chi connectivity index (χ1) is 9.06. The first-order valence-corrected chi connectivity index (χ1v) is 7.72. The number of rotatable bonds is 7. The molecule has 0 aromatic rings. The van der Waals surface area contributed by atoms with Gasteiger partial charge in [-0.3, -0.25) is 9.69 Å². The van der Waals surface area contributed by atoms with Crippen molar-refractivity contribution in [1.29, 1.82) is 0 Å². The van der Waals surface area contributed by atoms with Crippen LogP contribution in [0, 0.1) is 0 Å². The van der Waals surface area contributed by atoms with Crippen molar-refractivity contribution in [3.05, 3.63) is 0 Å². The van der Waals surface area contributed by atoms with E-state index in [0.717, 1.165) is 19.6 Å². The van der Waals surface area contributed by atoms with Crippen LogP contribution in [-0.2, 0) is 4.79 Å². The Kier molecular flexibility index (Phi) is 7.39. The second-order valence-electron chi connectivity index (χ2n) is 5.90. The van der Waals surface area contributed by atoms with Gasteiger partial charge in [0.25, 0.3) is 0 Å². The summed E-state index contributed by atoms with van der Waals surface area (Å²) >= 11 is 0. The minimum Gasteiger partial charge on any atom is -0.335 e. The summed E-state index contributed by atoms with van der Waals surface area (Å²) in [4.78, 5) is 16.1. The van der Waals surface area contributed by atoms with E-state index in [9.17, 15) is 4.79 Å². The Morgan fingerprint density at radius 1 is 1.11 bits per heavy atom. The van der Waals surface area contributed by atoms with Gasteiger partial charge in [-0.25, -0.2) is 0 Å². The number of carbonyl (C=O) groups excluding carboxylic acids is 1. The van der Waals surface area contributed by atoms with Crippen LogP contribution in [0.4, 0.5) is 0 Å². The first-order valence-electron chi connectivity index (χ1n) is 7.72. The van der Waals surface area contributed by atoms with E-state index in [1.165, 1.54) is 32.2 Å². The molecule has 0 saturated carbocycles. The van der Waals surface area contributed by atoms with Gasteiger partial charge in [0, 0.05) is 32.1 Å². The van der Waals surface area contributed by atoms with E-state index in [0.29, 0.717) is 12.1 Å². The summed E-state index contributed by atoms with van der Waals surface area (Å²) in [6, 6.07) is 0.705. The molecule has 1 saturated heterocycles. The Hall–Kier alpha value is -0.610. The second-order valence-corrected chi connectivity index (χ2v) is 5.90. The number of unbranched alkanes of at least 4 members (excludes halogenated alkanes) is 3. The lowest BCUT2D eigenvalue weighted by Gasteiger charge is -2.44. The third kappa shape index (κ3) is 5.49. The highest BCUT2D eigenvalue weighted by Crippen LogP contribution is 2.16. The smallest absolute Gasteiger partial charge is 0.220 e. The minimum atomic E-state index is 0.215. The quantitative estimate of drug-likeness (QED) is 0.715. The fourth-order valence-electron chi connectivity index (χ4n) is 3.23. The molecule has 4 nitrogen and oxygen atoms in total. The van der Waals surface area contributed by atoms with Crippen LogP contribution in [0.3, 0.4) is 0 Å². The molecule has 1 aliphatic heterocycles. The molecule has 1 heterocycles. The van der Waals surface area contributed by atoms with E-state index in [2.05, 4.69) is 24.1 Å². The van der Waals surface area contributed by atoms with Gasteiger partial charge in [-0.1, -0.05) is 12.8 Å². The van der Waals surface area contributed by atoms with Crippen molar-refractivity contribution in [1.82, 2.24) is 15.1 Å². The molecule has 1 rings (SSSR count). The second kappa shape index (κ2) is 8.54. The van der Waals surface area contributed by atoms with Crippen LogP contribution < -0.4 is 5.32 Å². The van der Waals surface area contributed by atoms with Crippen LogP contribution in [-0.4, -0.2) is 61.0 Å². The molecule has 2 unspecified atom stereocenters. The number of amides is 1. The highest BCUT2D eigenvalue weighted by molar-refractivity contribution is 5.74. The maximum absolute atomic E-state index is 11.6. The van der Waals surface area contributed by atoms with Gasteiger partial charge in [0.1, 0.15) is 0 Å². The van der Waals surface area contributed by atoms with Crippen LogP contribution in [0.2, 0.25) is 0 Å². The molecule has 19 heavy (non-hydrogen) atoms. The zero-order valence-corrected chi connectivity index (χ0v) is 13.1. The SMILES string of the molecule is CNCCCCCCN1CC(C)N(C(C)=O)C(C)C1. The monoisotopic (exact) mass is 269 g/mol. The maximum Gasteiger partial charge on any atom is 0.220 e. The number of hydrogen-bond acceptors (Lipinski definition) is 3. The van der Waals surface area contributed by atoms with E-state index in [1.807, 2.05) is 11.9 Å². The zero-order valence-electron chi connectivity index (χ0n) is 13.1. The van der Waals surface area contributed by atoms with Crippen molar-refractivity contribution in [2.45, 2.75) is 58.5 Å². The van der Waals surface area contributed by atoms with Gasteiger partial charge in [-0.05, 0) is 46.8 Å². The molecule has 0 radical (unpaired) electrons. The third-order valence-electron chi connectivity index (χ3n) is 4.01. The van der Waals surface area contributed by atoms with Crippen molar-refractivity contribution < 1.29 is 4.79 Å². The zero-order chi connectivity index (χ0) is 14.3. The number of nitrogens with one attached hydrogen (secondary N) is 1. The Bertz CT molecular complexity index is 258. The van der Waals surface area contributed by atoms with Gasteiger partial charge in [-0.15, -0.1) is 0 Å². The predicted octanol–water partition coefficient (Wildman–Crippen LogP) is 1.71. The first kappa shape index (κ1) is 16.4. The highest BCUT2D eigenvalue weighted by atomic mass is 16.2. The van der Waals surface area contributed by atoms with Crippen LogP contribution in [0.5, 0.6) is 0 Å². The number of nitrogens with zero attached hydrogens (tertiary/aromatic N) is 2. The minimum absolute atomic E-state index is 0.215. The Morgan fingerprint density at radius 3 is 2.21 bits per heavy atom. The highest BCUT2D eigenvalue weighted by Gasteiger charge is 2.30. The van der Waals surface area contributed by atoms with Gasteiger partial charge >= 0.3 is 0 Å². The Labute approximate surface area is 118 Å². The number of hydrogen-bond donors (Lipinski definition) is 1. The Morgan fingerprint density at radius 2 is 1.68 bits per heavy atom. The Balaban J connectivity index is 2.21. The molecule has 0 aliphatic carbocycles. The fraction of sp³-hybridized carbons (Fsp3) is 0.933. The van der Waals surface area contributed by atoms with Gasteiger partial charge < -0.3 is 10.2 Å². The molecular weight excluding hydrogens is 238 g/mol. The number of piperazine rings is 1. The van der Waals surface area contributed by atoms with Crippen molar-refractivity contribution in [2.24, 2.45) is 0 Å². The summed E-state index contributed by atoms with van der Waals surface area (Å²) in [6.07, 6.45) is 5.20. The molecule has 0 spiro atoms. The molecular formula is C15H31N3O. The van der Waals surface area contributed by atoms with Crippen molar-refractivity contribution in [3.63, 3.8) is 0 Å². The lowest BCUT2D eigenvalue weighted by molar-refractivity contribution is -0.136.